The smallest absolute Gasteiger partial charge is 0.318 e. The Morgan fingerprint density at radius 1 is 1.27 bits per heavy atom. The zero-order valence-electron chi connectivity index (χ0n) is 15.4. The van der Waals surface area contributed by atoms with Crippen molar-refractivity contribution in [1.29, 1.82) is 0 Å². The molecule has 140 valence electrons. The summed E-state index contributed by atoms with van der Waals surface area (Å²) in [5, 5.41) is 6.82. The first-order valence-corrected chi connectivity index (χ1v) is 9.07. The number of rotatable bonds is 4. The molecule has 1 atom stereocenters. The zero-order valence-corrected chi connectivity index (χ0v) is 15.4. The molecule has 1 aliphatic carbocycles. The molecule has 6 nitrogen and oxygen atoms in total. The predicted molar refractivity (Wildman–Crippen MR) is 95.8 cm³/mol. The van der Waals surface area contributed by atoms with Crippen LogP contribution in [0.5, 0.6) is 0 Å². The maximum atomic E-state index is 13.0. The molecule has 26 heavy (non-hydrogen) atoms. The van der Waals surface area contributed by atoms with Gasteiger partial charge in [-0.15, -0.1) is 0 Å². The summed E-state index contributed by atoms with van der Waals surface area (Å²) in [4.78, 5) is 18.6. The lowest BCUT2D eigenvalue weighted by molar-refractivity contribution is 0.159. The maximum Gasteiger partial charge on any atom is 0.318 e. The van der Waals surface area contributed by atoms with Gasteiger partial charge in [-0.05, 0) is 62.8 Å². The summed E-state index contributed by atoms with van der Waals surface area (Å²) in [6, 6.07) is 5.59. The minimum absolute atomic E-state index is 0.140. The second-order valence-electron chi connectivity index (χ2n) is 7.16. The van der Waals surface area contributed by atoms with Gasteiger partial charge in [0.15, 0.2) is 0 Å². The number of carbonyl (C=O) groups excluding carboxylic acids is 1. The van der Waals surface area contributed by atoms with Gasteiger partial charge in [-0.3, -0.25) is 0 Å². The lowest BCUT2D eigenvalue weighted by Gasteiger charge is -2.34. The van der Waals surface area contributed by atoms with Gasteiger partial charge in [0, 0.05) is 18.7 Å². The van der Waals surface area contributed by atoms with Gasteiger partial charge in [-0.2, -0.15) is 4.98 Å². The van der Waals surface area contributed by atoms with E-state index in [-0.39, 0.29) is 17.9 Å². The van der Waals surface area contributed by atoms with Crippen molar-refractivity contribution in [2.45, 2.75) is 51.6 Å². The molecular weight excluding hydrogens is 335 g/mol. The van der Waals surface area contributed by atoms with Crippen LogP contribution in [0.1, 0.15) is 51.5 Å². The van der Waals surface area contributed by atoms with Crippen LogP contribution < -0.4 is 5.32 Å². The summed E-state index contributed by atoms with van der Waals surface area (Å²) in [6.45, 7) is 4.06. The van der Waals surface area contributed by atoms with E-state index in [4.69, 9.17) is 4.52 Å². The highest BCUT2D eigenvalue weighted by Gasteiger charge is 2.26. The van der Waals surface area contributed by atoms with Crippen LogP contribution in [0.15, 0.2) is 28.8 Å². The number of aromatic nitrogens is 2. The number of nitrogens with zero attached hydrogens (tertiary/aromatic N) is 3. The SMILES string of the molecule is CC1CCC(N(C)C(=O)N[C@H](C)c2nc(-c3ccc(F)cc3)no2)CC1. The molecule has 0 aliphatic heterocycles. The van der Waals surface area contributed by atoms with E-state index in [0.717, 1.165) is 31.6 Å². The topological polar surface area (TPSA) is 71.3 Å². The van der Waals surface area contributed by atoms with E-state index in [2.05, 4.69) is 22.4 Å². The Labute approximate surface area is 152 Å². The van der Waals surface area contributed by atoms with Crippen molar-refractivity contribution in [2.24, 2.45) is 5.92 Å². The summed E-state index contributed by atoms with van der Waals surface area (Å²) in [7, 11) is 1.83. The van der Waals surface area contributed by atoms with Gasteiger partial charge in [0.2, 0.25) is 11.7 Å². The predicted octanol–water partition coefficient (Wildman–Crippen LogP) is 4.16. The highest BCUT2D eigenvalue weighted by atomic mass is 19.1. The molecule has 0 saturated heterocycles. The van der Waals surface area contributed by atoms with E-state index in [1.807, 2.05) is 7.05 Å². The lowest BCUT2D eigenvalue weighted by atomic mass is 9.87. The quantitative estimate of drug-likeness (QED) is 0.889. The van der Waals surface area contributed by atoms with Crippen molar-refractivity contribution in [3.05, 3.63) is 36.0 Å². The largest absolute Gasteiger partial charge is 0.337 e. The van der Waals surface area contributed by atoms with Crippen LogP contribution in [-0.4, -0.2) is 34.2 Å². The molecule has 1 fully saturated rings. The van der Waals surface area contributed by atoms with Crippen molar-refractivity contribution in [3.63, 3.8) is 0 Å². The number of halogens is 1. The molecule has 3 rings (SSSR count). The molecule has 0 unspecified atom stereocenters. The Morgan fingerprint density at radius 2 is 1.92 bits per heavy atom. The summed E-state index contributed by atoms with van der Waals surface area (Å²) in [6.07, 6.45) is 4.38. The molecule has 0 spiro atoms. The molecule has 2 amide bonds. The van der Waals surface area contributed by atoms with E-state index in [1.165, 1.54) is 12.1 Å². The molecule has 1 aliphatic rings. The minimum Gasteiger partial charge on any atom is -0.337 e. The monoisotopic (exact) mass is 360 g/mol. The number of hydrogen-bond donors (Lipinski definition) is 1. The zero-order chi connectivity index (χ0) is 18.7. The normalized spacial score (nSPS) is 21.2. The van der Waals surface area contributed by atoms with Gasteiger partial charge >= 0.3 is 6.03 Å². The van der Waals surface area contributed by atoms with Crippen molar-refractivity contribution in [3.8, 4) is 11.4 Å². The molecule has 2 aromatic rings. The summed E-state index contributed by atoms with van der Waals surface area (Å²) in [5.74, 6) is 1.11. The van der Waals surface area contributed by atoms with Crippen LogP contribution in [0.3, 0.4) is 0 Å². The lowest BCUT2D eigenvalue weighted by Crippen LogP contribution is -2.45. The minimum atomic E-state index is -0.408. The average molecular weight is 360 g/mol. The second kappa shape index (κ2) is 7.85. The Hall–Kier alpha value is -2.44. The first kappa shape index (κ1) is 18.4. The number of urea groups is 1. The Balaban J connectivity index is 1.60. The number of nitrogens with one attached hydrogen (secondary N) is 1. The summed E-state index contributed by atoms with van der Waals surface area (Å²) >= 11 is 0. The van der Waals surface area contributed by atoms with Gasteiger partial charge in [-0.25, -0.2) is 9.18 Å². The number of hydrogen-bond acceptors (Lipinski definition) is 4. The van der Waals surface area contributed by atoms with Crippen molar-refractivity contribution < 1.29 is 13.7 Å². The number of carbonyl (C=O) groups is 1. The van der Waals surface area contributed by atoms with Crippen LogP contribution >= 0.6 is 0 Å². The fraction of sp³-hybridized carbons (Fsp3) is 0.526. The first-order chi connectivity index (χ1) is 12.4. The fourth-order valence-corrected chi connectivity index (χ4v) is 3.27. The number of benzene rings is 1. The molecule has 1 N–H and O–H groups in total. The Bertz CT molecular complexity index is 738. The summed E-state index contributed by atoms with van der Waals surface area (Å²) < 4.78 is 18.3. The molecule has 1 saturated carbocycles. The van der Waals surface area contributed by atoms with E-state index in [0.29, 0.717) is 17.3 Å². The standard InChI is InChI=1S/C19H25FN4O2/c1-12-4-10-16(11-5-12)24(3)19(25)21-13(2)18-22-17(23-26-18)14-6-8-15(20)9-7-14/h6-9,12-13,16H,4-5,10-11H2,1-3H3,(H,21,25)/t12?,13-,16?/m1/s1. The molecule has 7 heteroatoms. The second-order valence-corrected chi connectivity index (χ2v) is 7.16. The molecule has 0 bridgehead atoms. The molecule has 1 aromatic heterocycles. The van der Waals surface area contributed by atoms with Gasteiger partial charge in [0.1, 0.15) is 11.9 Å². The van der Waals surface area contributed by atoms with Gasteiger partial charge < -0.3 is 14.7 Å². The van der Waals surface area contributed by atoms with E-state index in [1.54, 1.807) is 24.0 Å². The van der Waals surface area contributed by atoms with Gasteiger partial charge in [0.05, 0.1) is 0 Å². The van der Waals surface area contributed by atoms with Crippen molar-refractivity contribution in [1.82, 2.24) is 20.4 Å². The van der Waals surface area contributed by atoms with E-state index in [9.17, 15) is 9.18 Å². The number of amides is 2. The molecule has 1 aromatic carbocycles. The van der Waals surface area contributed by atoms with Crippen LogP contribution in [0.25, 0.3) is 11.4 Å². The van der Waals surface area contributed by atoms with Crippen LogP contribution in [0, 0.1) is 11.7 Å². The molecular formula is C19H25FN4O2. The van der Waals surface area contributed by atoms with Crippen LogP contribution in [0.2, 0.25) is 0 Å². The fourth-order valence-electron chi connectivity index (χ4n) is 3.27. The third kappa shape index (κ3) is 4.20. The van der Waals surface area contributed by atoms with Crippen molar-refractivity contribution >= 4 is 6.03 Å². The van der Waals surface area contributed by atoms with Gasteiger partial charge in [0.25, 0.3) is 0 Å². The molecule has 0 radical (unpaired) electrons. The third-order valence-corrected chi connectivity index (χ3v) is 5.11. The highest BCUT2D eigenvalue weighted by Crippen LogP contribution is 2.27. The highest BCUT2D eigenvalue weighted by molar-refractivity contribution is 5.74. The third-order valence-electron chi connectivity index (χ3n) is 5.11. The molecule has 1 heterocycles. The van der Waals surface area contributed by atoms with E-state index >= 15 is 0 Å². The first-order valence-electron chi connectivity index (χ1n) is 9.07. The maximum absolute atomic E-state index is 13.0. The Morgan fingerprint density at radius 3 is 2.58 bits per heavy atom. The van der Waals surface area contributed by atoms with Crippen LogP contribution in [0.4, 0.5) is 9.18 Å². The summed E-state index contributed by atoms with van der Waals surface area (Å²) in [5.41, 5.74) is 0.661. The van der Waals surface area contributed by atoms with Gasteiger partial charge in [-0.1, -0.05) is 12.1 Å². The average Bonchev–Trinajstić information content (AvgIpc) is 3.12. The van der Waals surface area contributed by atoms with Crippen LogP contribution in [-0.2, 0) is 0 Å². The van der Waals surface area contributed by atoms with E-state index < -0.39 is 6.04 Å². The van der Waals surface area contributed by atoms with Crippen molar-refractivity contribution in [2.75, 3.05) is 7.05 Å². The Kier molecular flexibility index (Phi) is 5.54.